The van der Waals surface area contributed by atoms with E-state index in [1.54, 1.807) is 0 Å². The van der Waals surface area contributed by atoms with Crippen molar-refractivity contribution in [3.05, 3.63) is 30.1 Å². The van der Waals surface area contributed by atoms with Crippen LogP contribution in [-0.2, 0) is 4.79 Å². The van der Waals surface area contributed by atoms with Crippen LogP contribution in [0.15, 0.2) is 30.1 Å². The molecule has 3 nitrogen and oxygen atoms in total. The molecule has 0 spiro atoms. The van der Waals surface area contributed by atoms with Crippen LogP contribution in [-0.4, -0.2) is 15.6 Å². The Bertz CT molecular complexity index is 720. The smallest absolute Gasteiger partial charge is 0.155 e. The van der Waals surface area contributed by atoms with E-state index in [0.29, 0.717) is 22.7 Å². The monoisotopic (exact) mass is 338 g/mol. The van der Waals surface area contributed by atoms with Crippen molar-refractivity contribution < 1.29 is 4.79 Å². The van der Waals surface area contributed by atoms with Crippen molar-refractivity contribution >= 4 is 5.78 Å². The van der Waals surface area contributed by atoms with E-state index in [4.69, 9.17) is 0 Å². The summed E-state index contributed by atoms with van der Waals surface area (Å²) in [6.45, 7) is 5.02. The largest absolute Gasteiger partial charge is 0.295 e. The average Bonchev–Trinajstić information content (AvgIpc) is 3.22. The van der Waals surface area contributed by atoms with E-state index in [2.05, 4.69) is 35.9 Å². The molecular weight excluding hydrogens is 308 g/mol. The molecule has 3 saturated carbocycles. The van der Waals surface area contributed by atoms with Crippen LogP contribution < -0.4 is 0 Å². The minimum Gasteiger partial charge on any atom is -0.295 e. The summed E-state index contributed by atoms with van der Waals surface area (Å²) in [6, 6.07) is 2.64. The maximum Gasteiger partial charge on any atom is 0.155 e. The van der Waals surface area contributed by atoms with Crippen molar-refractivity contribution in [3.8, 4) is 0 Å². The highest BCUT2D eigenvalue weighted by atomic mass is 16.1. The third-order valence-electron chi connectivity index (χ3n) is 8.76. The Morgan fingerprint density at radius 2 is 1.96 bits per heavy atom. The molecule has 1 aromatic heterocycles. The van der Waals surface area contributed by atoms with Gasteiger partial charge in [-0.25, -0.2) is 0 Å². The maximum atomic E-state index is 11.9. The van der Waals surface area contributed by atoms with Gasteiger partial charge in [-0.3, -0.25) is 9.48 Å². The average molecular weight is 338 g/mol. The van der Waals surface area contributed by atoms with Gasteiger partial charge in [0.25, 0.3) is 0 Å². The highest BCUT2D eigenvalue weighted by Gasteiger charge is 2.59. The Labute approximate surface area is 150 Å². The quantitative estimate of drug-likeness (QED) is 0.725. The Morgan fingerprint density at radius 3 is 2.76 bits per heavy atom. The fourth-order valence-corrected chi connectivity index (χ4v) is 7.43. The van der Waals surface area contributed by atoms with Gasteiger partial charge in [0.05, 0.1) is 6.04 Å². The number of allylic oxidation sites excluding steroid dienone is 1. The number of aromatic nitrogens is 2. The van der Waals surface area contributed by atoms with Crippen molar-refractivity contribution in [2.75, 3.05) is 0 Å². The van der Waals surface area contributed by atoms with Crippen molar-refractivity contribution in [2.24, 2.45) is 28.6 Å². The summed E-state index contributed by atoms with van der Waals surface area (Å²) in [4.78, 5) is 11.9. The van der Waals surface area contributed by atoms with E-state index >= 15 is 0 Å². The predicted octanol–water partition coefficient (Wildman–Crippen LogP) is 4.96. The molecule has 1 unspecified atom stereocenters. The van der Waals surface area contributed by atoms with Crippen LogP contribution in [0, 0.1) is 28.6 Å². The van der Waals surface area contributed by atoms with Crippen LogP contribution in [0.3, 0.4) is 0 Å². The highest BCUT2D eigenvalue weighted by molar-refractivity contribution is 5.91. The predicted molar refractivity (Wildman–Crippen MR) is 98.0 cm³/mol. The molecule has 0 saturated heterocycles. The Balaban J connectivity index is 1.48. The number of nitrogens with zero attached hydrogens (tertiary/aromatic N) is 2. The zero-order valence-corrected chi connectivity index (χ0v) is 15.6. The third-order valence-corrected chi connectivity index (χ3v) is 8.76. The van der Waals surface area contributed by atoms with Gasteiger partial charge in [-0.2, -0.15) is 5.10 Å². The fraction of sp³-hybridized carbons (Fsp3) is 0.727. The molecule has 134 valence electrons. The molecule has 0 bridgehead atoms. The number of ketones is 1. The lowest BCUT2D eigenvalue weighted by Gasteiger charge is -2.58. The van der Waals surface area contributed by atoms with E-state index in [1.807, 2.05) is 12.3 Å². The second kappa shape index (κ2) is 5.31. The first kappa shape index (κ1) is 15.8. The van der Waals surface area contributed by atoms with E-state index in [0.717, 1.165) is 37.0 Å². The zero-order chi connectivity index (χ0) is 17.2. The normalized spacial score (nSPS) is 46.2. The number of rotatable bonds is 1. The van der Waals surface area contributed by atoms with Crippen LogP contribution in [0.25, 0.3) is 0 Å². The minimum absolute atomic E-state index is 0.294. The van der Waals surface area contributed by atoms with Gasteiger partial charge < -0.3 is 0 Å². The van der Waals surface area contributed by atoms with Gasteiger partial charge in [0.15, 0.2) is 5.78 Å². The number of hydrogen-bond acceptors (Lipinski definition) is 2. The fourth-order valence-electron chi connectivity index (χ4n) is 7.43. The molecular formula is C22H30N2O. The SMILES string of the molecule is C[C@]12CCC(=O)C=C1CC[C@@H]1[C@H]2CC[C@]2(C)C(n3cccn3)CC[C@@H]12. The summed E-state index contributed by atoms with van der Waals surface area (Å²) in [5.41, 5.74) is 2.17. The van der Waals surface area contributed by atoms with Gasteiger partial charge in [-0.15, -0.1) is 0 Å². The molecule has 4 aliphatic carbocycles. The van der Waals surface area contributed by atoms with Crippen molar-refractivity contribution in [1.29, 1.82) is 0 Å². The summed E-state index contributed by atoms with van der Waals surface area (Å²) in [5, 5.41) is 4.60. The lowest BCUT2D eigenvalue weighted by Crippen LogP contribution is -2.50. The summed E-state index contributed by atoms with van der Waals surface area (Å²) in [5.74, 6) is 2.83. The molecule has 1 heterocycles. The summed E-state index contributed by atoms with van der Waals surface area (Å²) >= 11 is 0. The molecule has 0 aliphatic heterocycles. The van der Waals surface area contributed by atoms with E-state index in [9.17, 15) is 4.79 Å². The topological polar surface area (TPSA) is 34.9 Å². The molecule has 3 heteroatoms. The standard InChI is InChI=1S/C22H30N2O/c1-21-10-8-16(25)14-15(21)4-5-17-18-6-7-20(24-13-3-12-23-24)22(18,2)11-9-19(17)21/h3,12-14,17-20H,4-11H2,1-2H3/t17-,18-,19+,20?,21-,22-/m0/s1. The van der Waals surface area contributed by atoms with Crippen LogP contribution in [0.5, 0.6) is 0 Å². The molecule has 6 atom stereocenters. The molecule has 5 rings (SSSR count). The van der Waals surface area contributed by atoms with Gasteiger partial charge in [0.1, 0.15) is 0 Å². The molecule has 3 fully saturated rings. The van der Waals surface area contributed by atoms with Crippen LogP contribution in [0.1, 0.15) is 71.3 Å². The molecule has 1 aromatic rings. The Morgan fingerprint density at radius 1 is 1.08 bits per heavy atom. The second-order valence-corrected chi connectivity index (χ2v) is 9.59. The summed E-state index contributed by atoms with van der Waals surface area (Å²) < 4.78 is 2.25. The van der Waals surface area contributed by atoms with Crippen LogP contribution in [0.2, 0.25) is 0 Å². The second-order valence-electron chi connectivity index (χ2n) is 9.59. The molecule has 4 aliphatic rings. The zero-order valence-electron chi connectivity index (χ0n) is 15.6. The van der Waals surface area contributed by atoms with Gasteiger partial charge >= 0.3 is 0 Å². The summed E-state index contributed by atoms with van der Waals surface area (Å²) in [7, 11) is 0. The maximum absolute atomic E-state index is 11.9. The number of carbonyl (C=O) groups is 1. The van der Waals surface area contributed by atoms with Gasteiger partial charge in [-0.1, -0.05) is 19.4 Å². The molecule has 25 heavy (non-hydrogen) atoms. The first-order valence-corrected chi connectivity index (χ1v) is 10.3. The van der Waals surface area contributed by atoms with Crippen molar-refractivity contribution in [1.82, 2.24) is 9.78 Å². The summed E-state index contributed by atoms with van der Waals surface area (Å²) in [6.07, 6.45) is 15.7. The molecule has 0 amide bonds. The Hall–Kier alpha value is -1.38. The number of carbonyl (C=O) groups excluding carboxylic acids is 1. The number of hydrogen-bond donors (Lipinski definition) is 0. The van der Waals surface area contributed by atoms with E-state index in [1.165, 1.54) is 37.7 Å². The molecule has 0 aromatic carbocycles. The van der Waals surface area contributed by atoms with Gasteiger partial charge in [-0.05, 0) is 85.7 Å². The van der Waals surface area contributed by atoms with Gasteiger partial charge in [0, 0.05) is 18.8 Å². The lowest BCUT2D eigenvalue weighted by atomic mass is 9.47. The van der Waals surface area contributed by atoms with Gasteiger partial charge in [0.2, 0.25) is 0 Å². The van der Waals surface area contributed by atoms with Crippen LogP contribution in [0.4, 0.5) is 0 Å². The Kier molecular flexibility index (Phi) is 3.37. The third kappa shape index (κ3) is 2.10. The van der Waals surface area contributed by atoms with E-state index in [-0.39, 0.29) is 0 Å². The minimum atomic E-state index is 0.294. The first-order chi connectivity index (χ1) is 12.0. The van der Waals surface area contributed by atoms with E-state index < -0.39 is 0 Å². The highest BCUT2D eigenvalue weighted by Crippen LogP contribution is 2.67. The van der Waals surface area contributed by atoms with Crippen molar-refractivity contribution in [3.63, 3.8) is 0 Å². The first-order valence-electron chi connectivity index (χ1n) is 10.3. The van der Waals surface area contributed by atoms with Crippen LogP contribution >= 0.6 is 0 Å². The number of fused-ring (bicyclic) bond motifs is 5. The lowest BCUT2D eigenvalue weighted by molar-refractivity contribution is -0.117. The van der Waals surface area contributed by atoms with Crippen molar-refractivity contribution in [2.45, 2.75) is 71.3 Å². The molecule has 0 radical (unpaired) electrons. The molecule has 0 N–H and O–H groups in total.